The quantitative estimate of drug-likeness (QED) is 0.599. The van der Waals surface area contributed by atoms with E-state index < -0.39 is 0 Å². The van der Waals surface area contributed by atoms with Crippen LogP contribution in [0.4, 0.5) is 0 Å². The Morgan fingerprint density at radius 3 is 2.24 bits per heavy atom. The predicted octanol–water partition coefficient (Wildman–Crippen LogP) is 0.398. The van der Waals surface area contributed by atoms with E-state index in [-0.39, 0.29) is 11.8 Å². The Bertz CT molecular complexity index is 561. The Labute approximate surface area is 157 Å². The number of hydrogen-bond acceptors (Lipinski definition) is 6. The molecule has 2 amide bonds. The van der Waals surface area contributed by atoms with Gasteiger partial charge in [0.2, 0.25) is 11.8 Å². The molecule has 0 atom stereocenters. The lowest BCUT2D eigenvalue weighted by Crippen LogP contribution is -2.51. The lowest BCUT2D eigenvalue weighted by Gasteiger charge is -2.33. The Morgan fingerprint density at radius 2 is 1.72 bits per heavy atom. The summed E-state index contributed by atoms with van der Waals surface area (Å²) in [6.07, 6.45) is 0. The third-order valence-electron chi connectivity index (χ3n) is 3.92. The molecule has 2 rings (SSSR count). The molecule has 1 aliphatic heterocycles. The summed E-state index contributed by atoms with van der Waals surface area (Å²) in [5.41, 5.74) is 0. The van der Waals surface area contributed by atoms with Crippen LogP contribution in [0.15, 0.2) is 12.1 Å². The van der Waals surface area contributed by atoms with E-state index in [9.17, 15) is 9.59 Å². The topological polar surface area (TPSA) is 73.9 Å². The highest BCUT2D eigenvalue weighted by Gasteiger charge is 2.20. The first-order valence-electron chi connectivity index (χ1n) is 8.28. The summed E-state index contributed by atoms with van der Waals surface area (Å²) in [5, 5.41) is 5.73. The van der Waals surface area contributed by atoms with Crippen molar-refractivity contribution < 1.29 is 14.3 Å². The maximum atomic E-state index is 12.0. The molecule has 2 heterocycles. The van der Waals surface area contributed by atoms with Gasteiger partial charge in [0.1, 0.15) is 0 Å². The molecule has 1 aromatic heterocycles. The van der Waals surface area contributed by atoms with Crippen molar-refractivity contribution in [2.45, 2.75) is 6.54 Å². The lowest BCUT2D eigenvalue weighted by molar-refractivity contribution is -0.125. The van der Waals surface area contributed by atoms with Crippen molar-refractivity contribution in [3.63, 3.8) is 0 Å². The Morgan fingerprint density at radius 1 is 1.12 bits per heavy atom. The molecule has 0 aromatic carbocycles. The molecule has 1 aliphatic rings. The molecule has 0 radical (unpaired) electrons. The van der Waals surface area contributed by atoms with Gasteiger partial charge in [0.05, 0.1) is 30.6 Å². The molecule has 0 aliphatic carbocycles. The fourth-order valence-electron chi connectivity index (χ4n) is 2.55. The summed E-state index contributed by atoms with van der Waals surface area (Å²) in [6, 6.07) is 3.75. The molecule has 0 unspecified atom stereocenters. The van der Waals surface area contributed by atoms with Crippen LogP contribution in [0.1, 0.15) is 4.88 Å². The summed E-state index contributed by atoms with van der Waals surface area (Å²) in [7, 11) is 1.61. The van der Waals surface area contributed by atoms with E-state index in [1.54, 1.807) is 7.11 Å². The number of amides is 2. The first-order valence-corrected chi connectivity index (χ1v) is 9.47. The summed E-state index contributed by atoms with van der Waals surface area (Å²) in [6.45, 7) is 5.47. The zero-order valence-corrected chi connectivity index (χ0v) is 16.0. The highest BCUT2D eigenvalue weighted by atomic mass is 35.5. The molecule has 25 heavy (non-hydrogen) atoms. The number of halogens is 1. The van der Waals surface area contributed by atoms with Gasteiger partial charge in [-0.2, -0.15) is 0 Å². The highest BCUT2D eigenvalue weighted by molar-refractivity contribution is 7.16. The molecular formula is C16H25ClN4O3S. The van der Waals surface area contributed by atoms with Crippen LogP contribution in [0, 0.1) is 0 Å². The SMILES string of the molecule is COCCNC(=O)CN1CCN(CC(=O)NCc2ccc(Cl)s2)CC1. The summed E-state index contributed by atoms with van der Waals surface area (Å²) in [4.78, 5) is 29.1. The maximum Gasteiger partial charge on any atom is 0.234 e. The second kappa shape index (κ2) is 10.7. The van der Waals surface area contributed by atoms with Gasteiger partial charge in [0.25, 0.3) is 0 Å². The average Bonchev–Trinajstić information content (AvgIpc) is 3.00. The fraction of sp³-hybridized carbons (Fsp3) is 0.625. The zero-order chi connectivity index (χ0) is 18.1. The summed E-state index contributed by atoms with van der Waals surface area (Å²) in [5.74, 6) is 0.0214. The molecule has 2 N–H and O–H groups in total. The summed E-state index contributed by atoms with van der Waals surface area (Å²) < 4.78 is 5.63. The predicted molar refractivity (Wildman–Crippen MR) is 98.9 cm³/mol. The summed E-state index contributed by atoms with van der Waals surface area (Å²) >= 11 is 7.35. The Balaban J connectivity index is 1.59. The maximum absolute atomic E-state index is 12.0. The van der Waals surface area contributed by atoms with Gasteiger partial charge in [0.15, 0.2) is 0 Å². The number of nitrogens with zero attached hydrogens (tertiary/aromatic N) is 2. The van der Waals surface area contributed by atoms with Crippen molar-refractivity contribution in [2.24, 2.45) is 0 Å². The van der Waals surface area contributed by atoms with E-state index in [2.05, 4.69) is 20.4 Å². The third-order valence-corrected chi connectivity index (χ3v) is 5.15. The number of ether oxygens (including phenoxy) is 1. The van der Waals surface area contributed by atoms with Crippen molar-refractivity contribution in [3.8, 4) is 0 Å². The van der Waals surface area contributed by atoms with Crippen molar-refractivity contribution >= 4 is 34.8 Å². The molecule has 9 heteroatoms. The first-order chi connectivity index (χ1) is 12.1. The monoisotopic (exact) mass is 388 g/mol. The van der Waals surface area contributed by atoms with Gasteiger partial charge in [-0.25, -0.2) is 0 Å². The second-order valence-electron chi connectivity index (χ2n) is 5.88. The molecule has 0 spiro atoms. The molecule has 0 bridgehead atoms. The minimum atomic E-state index is 0.00952. The van der Waals surface area contributed by atoms with E-state index in [0.29, 0.717) is 32.8 Å². The van der Waals surface area contributed by atoms with E-state index in [0.717, 1.165) is 35.4 Å². The minimum absolute atomic E-state index is 0.00952. The number of thiophene rings is 1. The van der Waals surface area contributed by atoms with Crippen LogP contribution in [0.25, 0.3) is 0 Å². The zero-order valence-electron chi connectivity index (χ0n) is 14.4. The van der Waals surface area contributed by atoms with Crippen molar-refractivity contribution in [3.05, 3.63) is 21.3 Å². The smallest absolute Gasteiger partial charge is 0.234 e. The lowest BCUT2D eigenvalue weighted by atomic mass is 10.3. The Kier molecular flexibility index (Phi) is 8.63. The van der Waals surface area contributed by atoms with Gasteiger partial charge in [-0.1, -0.05) is 11.6 Å². The van der Waals surface area contributed by atoms with Crippen LogP contribution in [-0.2, 0) is 20.9 Å². The van der Waals surface area contributed by atoms with Crippen molar-refractivity contribution in [1.29, 1.82) is 0 Å². The second-order valence-corrected chi connectivity index (χ2v) is 7.68. The fourth-order valence-corrected chi connectivity index (χ4v) is 3.58. The highest BCUT2D eigenvalue weighted by Crippen LogP contribution is 2.20. The van der Waals surface area contributed by atoms with E-state index in [4.69, 9.17) is 16.3 Å². The van der Waals surface area contributed by atoms with Gasteiger partial charge in [0, 0.05) is 44.7 Å². The first kappa shape index (κ1) is 20.1. The van der Waals surface area contributed by atoms with Crippen LogP contribution < -0.4 is 10.6 Å². The molecule has 1 aromatic rings. The largest absolute Gasteiger partial charge is 0.383 e. The number of carbonyl (C=O) groups excluding carboxylic acids is 2. The van der Waals surface area contributed by atoms with Gasteiger partial charge in [-0.3, -0.25) is 19.4 Å². The van der Waals surface area contributed by atoms with Crippen LogP contribution in [-0.4, -0.2) is 81.1 Å². The van der Waals surface area contributed by atoms with Gasteiger partial charge < -0.3 is 15.4 Å². The van der Waals surface area contributed by atoms with Gasteiger partial charge in [-0.05, 0) is 12.1 Å². The minimum Gasteiger partial charge on any atom is -0.383 e. The standard InChI is InChI=1S/C16H25ClN4O3S/c1-24-9-4-18-15(22)11-20-5-7-21(8-6-20)12-16(23)19-10-13-2-3-14(17)25-13/h2-3H,4-12H2,1H3,(H,18,22)(H,19,23). The normalized spacial score (nSPS) is 15.9. The van der Waals surface area contributed by atoms with E-state index >= 15 is 0 Å². The molecule has 1 saturated heterocycles. The number of piperazine rings is 1. The third kappa shape index (κ3) is 7.70. The number of nitrogens with one attached hydrogen (secondary N) is 2. The molecule has 7 nitrogen and oxygen atoms in total. The van der Waals surface area contributed by atoms with Crippen LogP contribution in [0.2, 0.25) is 4.34 Å². The van der Waals surface area contributed by atoms with Crippen LogP contribution >= 0.6 is 22.9 Å². The average molecular weight is 389 g/mol. The van der Waals surface area contributed by atoms with Gasteiger partial charge >= 0.3 is 0 Å². The van der Waals surface area contributed by atoms with Gasteiger partial charge in [-0.15, -0.1) is 11.3 Å². The number of rotatable bonds is 9. The number of hydrogen-bond donors (Lipinski definition) is 2. The van der Waals surface area contributed by atoms with Crippen molar-refractivity contribution in [2.75, 3.05) is 59.5 Å². The number of methoxy groups -OCH3 is 1. The van der Waals surface area contributed by atoms with Crippen molar-refractivity contribution in [1.82, 2.24) is 20.4 Å². The molecule has 140 valence electrons. The molecule has 1 fully saturated rings. The van der Waals surface area contributed by atoms with Crippen LogP contribution in [0.3, 0.4) is 0 Å². The molecular weight excluding hydrogens is 364 g/mol. The van der Waals surface area contributed by atoms with Crippen LogP contribution in [0.5, 0.6) is 0 Å². The van der Waals surface area contributed by atoms with E-state index in [1.165, 1.54) is 11.3 Å². The molecule has 0 saturated carbocycles. The Hall–Kier alpha value is -1.19. The van der Waals surface area contributed by atoms with E-state index in [1.807, 2.05) is 12.1 Å². The number of carbonyl (C=O) groups is 2.